The fraction of sp³-hybridized carbons (Fsp3) is 0.273. The summed E-state index contributed by atoms with van der Waals surface area (Å²) in [5.74, 6) is 0. The summed E-state index contributed by atoms with van der Waals surface area (Å²) >= 11 is 3.39. The third kappa shape index (κ3) is 2.01. The molecule has 84 valence electrons. The van der Waals surface area contributed by atoms with Crippen molar-refractivity contribution in [2.24, 2.45) is 12.8 Å². The molecule has 1 atom stereocenters. The second-order valence-corrected chi connectivity index (χ2v) is 4.52. The second-order valence-electron chi connectivity index (χ2n) is 3.77. The van der Waals surface area contributed by atoms with Crippen molar-refractivity contribution in [3.8, 4) is 11.3 Å². The largest absolute Gasteiger partial charge is 0.324 e. The van der Waals surface area contributed by atoms with Gasteiger partial charge in [-0.1, -0.05) is 23.4 Å². The number of aromatic nitrogens is 3. The number of hydrogen-bond acceptors (Lipinski definition) is 3. The Morgan fingerprint density at radius 1 is 1.44 bits per heavy atom. The highest BCUT2D eigenvalue weighted by molar-refractivity contribution is 9.10. The lowest BCUT2D eigenvalue weighted by Gasteiger charge is -2.08. The molecule has 4 nitrogen and oxygen atoms in total. The van der Waals surface area contributed by atoms with Crippen molar-refractivity contribution in [2.45, 2.75) is 13.0 Å². The lowest BCUT2D eigenvalue weighted by Crippen LogP contribution is -2.05. The van der Waals surface area contributed by atoms with Crippen molar-refractivity contribution < 1.29 is 0 Å². The van der Waals surface area contributed by atoms with Crippen molar-refractivity contribution in [1.82, 2.24) is 15.0 Å². The molecule has 0 aliphatic heterocycles. The first-order valence-corrected chi connectivity index (χ1v) is 5.80. The fourth-order valence-corrected chi connectivity index (χ4v) is 2.16. The third-order valence-corrected chi connectivity index (χ3v) is 3.01. The first-order chi connectivity index (χ1) is 7.59. The van der Waals surface area contributed by atoms with E-state index in [2.05, 4.69) is 32.3 Å². The first-order valence-electron chi connectivity index (χ1n) is 5.00. The zero-order valence-electron chi connectivity index (χ0n) is 9.18. The maximum absolute atomic E-state index is 5.86. The normalized spacial score (nSPS) is 12.8. The lowest BCUT2D eigenvalue weighted by atomic mass is 10.0. The average Bonchev–Trinajstić information content (AvgIpc) is 2.59. The topological polar surface area (TPSA) is 56.7 Å². The van der Waals surface area contributed by atoms with Gasteiger partial charge in [-0.05, 0) is 34.5 Å². The molecule has 1 unspecified atom stereocenters. The highest BCUT2D eigenvalue weighted by Gasteiger charge is 2.11. The highest BCUT2D eigenvalue weighted by Crippen LogP contribution is 2.27. The van der Waals surface area contributed by atoms with Crippen LogP contribution in [0.2, 0.25) is 0 Å². The Bertz CT molecular complexity index is 485. The van der Waals surface area contributed by atoms with Crippen molar-refractivity contribution in [3.05, 3.63) is 34.4 Å². The third-order valence-electron chi connectivity index (χ3n) is 2.47. The molecule has 0 saturated heterocycles. The predicted molar refractivity (Wildman–Crippen MR) is 66.7 cm³/mol. The van der Waals surface area contributed by atoms with Gasteiger partial charge in [-0.15, -0.1) is 5.10 Å². The van der Waals surface area contributed by atoms with Crippen LogP contribution in [0, 0.1) is 0 Å². The molecular weight excluding hydrogens is 268 g/mol. The maximum atomic E-state index is 5.86. The van der Waals surface area contributed by atoms with Crippen LogP contribution >= 0.6 is 15.9 Å². The van der Waals surface area contributed by atoms with Gasteiger partial charge in [-0.25, -0.2) is 4.68 Å². The van der Waals surface area contributed by atoms with Gasteiger partial charge < -0.3 is 5.73 Å². The molecule has 0 aliphatic carbocycles. The summed E-state index contributed by atoms with van der Waals surface area (Å²) in [6.45, 7) is 1.97. The van der Waals surface area contributed by atoms with E-state index in [1.54, 1.807) is 4.68 Å². The minimum atomic E-state index is 0.0277. The molecule has 0 fully saturated rings. The summed E-state index contributed by atoms with van der Waals surface area (Å²) < 4.78 is 2.49. The van der Waals surface area contributed by atoms with Gasteiger partial charge in [0.1, 0.15) is 5.69 Å². The molecule has 0 aliphatic rings. The van der Waals surface area contributed by atoms with Crippen molar-refractivity contribution in [1.29, 1.82) is 0 Å². The van der Waals surface area contributed by atoms with Crippen LogP contribution in [0.15, 0.2) is 28.9 Å². The predicted octanol–water partition coefficient (Wildman–Crippen LogP) is 2.26. The molecule has 0 bridgehead atoms. The van der Waals surface area contributed by atoms with Gasteiger partial charge in [0.05, 0.1) is 0 Å². The second kappa shape index (κ2) is 4.35. The fourth-order valence-electron chi connectivity index (χ4n) is 1.61. The van der Waals surface area contributed by atoms with Crippen LogP contribution in [0.5, 0.6) is 0 Å². The Balaban J connectivity index is 2.52. The SMILES string of the molecule is CC(N)c1cccc(-c2c(Br)nnn2C)c1. The Labute approximate surface area is 103 Å². The van der Waals surface area contributed by atoms with Gasteiger partial charge in [-0.3, -0.25) is 0 Å². The van der Waals surface area contributed by atoms with E-state index in [1.165, 1.54) is 0 Å². The maximum Gasteiger partial charge on any atom is 0.156 e. The molecule has 5 heteroatoms. The van der Waals surface area contributed by atoms with Crippen LogP contribution in [-0.2, 0) is 7.05 Å². The van der Waals surface area contributed by atoms with Crippen molar-refractivity contribution >= 4 is 15.9 Å². The van der Waals surface area contributed by atoms with Crippen LogP contribution in [0.25, 0.3) is 11.3 Å². The molecule has 1 aromatic carbocycles. The van der Waals surface area contributed by atoms with Gasteiger partial charge >= 0.3 is 0 Å². The number of hydrogen-bond donors (Lipinski definition) is 1. The van der Waals surface area contributed by atoms with E-state index in [4.69, 9.17) is 5.73 Å². The van der Waals surface area contributed by atoms with E-state index in [9.17, 15) is 0 Å². The summed E-state index contributed by atoms with van der Waals surface area (Å²) in [4.78, 5) is 0. The Hall–Kier alpha value is -1.20. The number of nitrogens with two attached hydrogens (primary N) is 1. The van der Waals surface area contributed by atoms with Crippen LogP contribution in [0.1, 0.15) is 18.5 Å². The Morgan fingerprint density at radius 3 is 2.75 bits per heavy atom. The number of nitrogens with zero attached hydrogens (tertiary/aromatic N) is 3. The molecular formula is C11H13BrN4. The van der Waals surface area contributed by atoms with E-state index in [1.807, 2.05) is 32.2 Å². The monoisotopic (exact) mass is 280 g/mol. The highest BCUT2D eigenvalue weighted by atomic mass is 79.9. The minimum Gasteiger partial charge on any atom is -0.324 e. The standard InChI is InChI=1S/C11H13BrN4/c1-7(13)8-4-3-5-9(6-8)10-11(12)14-15-16(10)2/h3-7H,13H2,1-2H3. The first kappa shape index (κ1) is 11.3. The van der Waals surface area contributed by atoms with Gasteiger partial charge in [0.15, 0.2) is 4.60 Å². The van der Waals surface area contributed by atoms with Crippen LogP contribution in [-0.4, -0.2) is 15.0 Å². The van der Waals surface area contributed by atoms with E-state index in [0.29, 0.717) is 0 Å². The van der Waals surface area contributed by atoms with E-state index < -0.39 is 0 Å². The summed E-state index contributed by atoms with van der Waals surface area (Å²) in [6, 6.07) is 8.13. The van der Waals surface area contributed by atoms with E-state index in [0.717, 1.165) is 21.4 Å². The smallest absolute Gasteiger partial charge is 0.156 e. The molecule has 0 spiro atoms. The quantitative estimate of drug-likeness (QED) is 0.918. The number of rotatable bonds is 2. The zero-order valence-corrected chi connectivity index (χ0v) is 10.8. The van der Waals surface area contributed by atoms with Crippen LogP contribution < -0.4 is 5.73 Å². The molecule has 2 N–H and O–H groups in total. The van der Waals surface area contributed by atoms with Gasteiger partial charge in [0.25, 0.3) is 0 Å². The van der Waals surface area contributed by atoms with Crippen LogP contribution in [0.4, 0.5) is 0 Å². The van der Waals surface area contributed by atoms with Gasteiger partial charge in [-0.2, -0.15) is 0 Å². The molecule has 1 aromatic heterocycles. The van der Waals surface area contributed by atoms with Crippen LogP contribution in [0.3, 0.4) is 0 Å². The number of halogens is 1. The molecule has 2 rings (SSSR count). The zero-order chi connectivity index (χ0) is 11.7. The minimum absolute atomic E-state index is 0.0277. The van der Waals surface area contributed by atoms with Crippen molar-refractivity contribution in [3.63, 3.8) is 0 Å². The Morgan fingerprint density at radius 2 is 2.19 bits per heavy atom. The lowest BCUT2D eigenvalue weighted by molar-refractivity contribution is 0.719. The molecule has 0 amide bonds. The van der Waals surface area contributed by atoms with Gasteiger partial charge in [0.2, 0.25) is 0 Å². The van der Waals surface area contributed by atoms with E-state index in [-0.39, 0.29) is 6.04 Å². The number of aryl methyl sites for hydroxylation is 1. The molecule has 0 radical (unpaired) electrons. The van der Waals surface area contributed by atoms with Gasteiger partial charge in [0, 0.05) is 18.7 Å². The Kier molecular flexibility index (Phi) is 3.07. The summed E-state index contributed by atoms with van der Waals surface area (Å²) in [6.07, 6.45) is 0. The summed E-state index contributed by atoms with van der Waals surface area (Å²) in [7, 11) is 1.87. The number of benzene rings is 1. The molecule has 2 aromatic rings. The summed E-state index contributed by atoms with van der Waals surface area (Å²) in [5, 5.41) is 7.92. The molecule has 0 saturated carbocycles. The molecule has 16 heavy (non-hydrogen) atoms. The molecule has 1 heterocycles. The summed E-state index contributed by atoms with van der Waals surface area (Å²) in [5.41, 5.74) is 8.99. The average molecular weight is 281 g/mol. The van der Waals surface area contributed by atoms with E-state index >= 15 is 0 Å². The van der Waals surface area contributed by atoms with Crippen molar-refractivity contribution in [2.75, 3.05) is 0 Å².